The molecule has 9 heteroatoms. The van der Waals surface area contributed by atoms with Crippen LogP contribution < -0.4 is 20.3 Å². The Hall–Kier alpha value is -2.03. The van der Waals surface area contributed by atoms with Crippen molar-refractivity contribution in [3.05, 3.63) is 17.4 Å². The van der Waals surface area contributed by atoms with Crippen molar-refractivity contribution in [1.82, 2.24) is 15.6 Å². The number of hydrogen-bond acceptors (Lipinski definition) is 5. The lowest BCUT2D eigenvalue weighted by Gasteiger charge is -2.22. The van der Waals surface area contributed by atoms with Crippen LogP contribution in [-0.4, -0.2) is 49.6 Å². The van der Waals surface area contributed by atoms with Gasteiger partial charge in [0, 0.05) is 38.0 Å². The molecule has 1 aromatic heterocycles. The Morgan fingerprint density at radius 1 is 1.39 bits per heavy atom. The van der Waals surface area contributed by atoms with Gasteiger partial charge in [-0.2, -0.15) is 4.98 Å². The zero-order chi connectivity index (χ0) is 19.9. The molecule has 3 atom stereocenters. The summed E-state index contributed by atoms with van der Waals surface area (Å²) in [7, 11) is 1.44. The molecule has 1 aromatic rings. The van der Waals surface area contributed by atoms with Crippen LogP contribution in [0.2, 0.25) is 0 Å². The van der Waals surface area contributed by atoms with Crippen molar-refractivity contribution in [2.24, 2.45) is 11.8 Å². The number of nitrogens with one attached hydrogen (secondary N) is 2. The van der Waals surface area contributed by atoms with Crippen molar-refractivity contribution >= 4 is 11.7 Å². The molecule has 0 aromatic carbocycles. The van der Waals surface area contributed by atoms with Crippen molar-refractivity contribution in [2.75, 3.05) is 31.6 Å². The van der Waals surface area contributed by atoms with E-state index in [1.807, 2.05) is 0 Å². The van der Waals surface area contributed by atoms with Gasteiger partial charge in [0.15, 0.2) is 11.6 Å². The summed E-state index contributed by atoms with van der Waals surface area (Å²) in [6.45, 7) is 1.67. The van der Waals surface area contributed by atoms with Gasteiger partial charge in [0.25, 0.3) is 0 Å². The smallest absolute Gasteiger partial charge is 0.248 e. The van der Waals surface area contributed by atoms with Gasteiger partial charge in [-0.25, -0.2) is 13.2 Å². The highest BCUT2D eigenvalue weighted by Gasteiger charge is 2.50. The Bertz CT molecular complexity index is 739. The highest BCUT2D eigenvalue weighted by atomic mass is 19.3. The minimum atomic E-state index is -2.61. The molecule has 6 nitrogen and oxygen atoms in total. The topological polar surface area (TPSA) is 66.5 Å². The number of halogens is 3. The van der Waals surface area contributed by atoms with Crippen LogP contribution in [0, 0.1) is 17.7 Å². The van der Waals surface area contributed by atoms with E-state index in [1.165, 1.54) is 13.2 Å². The summed E-state index contributed by atoms with van der Waals surface area (Å²) in [6, 6.07) is 1.09. The largest absolute Gasteiger partial charge is 0.481 e. The van der Waals surface area contributed by atoms with Crippen molar-refractivity contribution in [3.8, 4) is 5.88 Å². The lowest BCUT2D eigenvalue weighted by atomic mass is 10.0. The predicted octanol–water partition coefficient (Wildman–Crippen LogP) is 2.08. The van der Waals surface area contributed by atoms with Gasteiger partial charge in [0.2, 0.25) is 17.7 Å². The van der Waals surface area contributed by atoms with E-state index in [1.54, 1.807) is 4.90 Å². The van der Waals surface area contributed by atoms with Crippen molar-refractivity contribution < 1.29 is 22.7 Å². The van der Waals surface area contributed by atoms with Gasteiger partial charge in [0.1, 0.15) is 0 Å². The minimum absolute atomic E-state index is 0.113. The number of fused-ring (bicyclic) bond motifs is 1. The lowest BCUT2D eigenvalue weighted by molar-refractivity contribution is -0.122. The fourth-order valence-electron chi connectivity index (χ4n) is 4.66. The summed E-state index contributed by atoms with van der Waals surface area (Å²) in [5.41, 5.74) is 0.445. The molecule has 1 amide bonds. The molecule has 154 valence electrons. The fraction of sp³-hybridized carbons (Fsp3) is 0.684. The molecule has 1 saturated carbocycles. The van der Waals surface area contributed by atoms with Gasteiger partial charge in [-0.05, 0) is 37.3 Å². The number of anilines is 1. The molecule has 0 unspecified atom stereocenters. The third-order valence-corrected chi connectivity index (χ3v) is 6.02. The fourth-order valence-corrected chi connectivity index (χ4v) is 4.66. The maximum absolute atomic E-state index is 14.7. The number of methoxy groups -OCH3 is 1. The Labute approximate surface area is 161 Å². The summed E-state index contributed by atoms with van der Waals surface area (Å²) in [4.78, 5) is 18.2. The number of carbonyl (C=O) groups excluding carboxylic acids is 1. The number of nitrogens with zero attached hydrogens (tertiary/aromatic N) is 2. The number of hydrogen-bond donors (Lipinski definition) is 2. The maximum Gasteiger partial charge on any atom is 0.248 e. The first kappa shape index (κ1) is 19.3. The van der Waals surface area contributed by atoms with Crippen LogP contribution in [0.5, 0.6) is 5.88 Å². The van der Waals surface area contributed by atoms with Gasteiger partial charge in [0.05, 0.1) is 13.2 Å². The number of carbonyl (C=O) groups is 1. The van der Waals surface area contributed by atoms with Crippen molar-refractivity contribution in [3.63, 3.8) is 0 Å². The van der Waals surface area contributed by atoms with Crippen LogP contribution >= 0.6 is 0 Å². The van der Waals surface area contributed by atoms with E-state index in [2.05, 4.69) is 15.6 Å². The number of rotatable bonds is 5. The number of alkyl halides is 2. The molecule has 0 radical (unpaired) electrons. The second-order valence-electron chi connectivity index (χ2n) is 8.02. The molecule has 3 aliphatic rings. The van der Waals surface area contributed by atoms with Crippen molar-refractivity contribution in [1.29, 1.82) is 0 Å². The monoisotopic (exact) mass is 398 g/mol. The normalized spacial score (nSPS) is 28.4. The van der Waals surface area contributed by atoms with E-state index in [-0.39, 0.29) is 54.9 Å². The minimum Gasteiger partial charge on any atom is -0.481 e. The summed E-state index contributed by atoms with van der Waals surface area (Å²) in [5, 5.41) is 5.90. The highest BCUT2D eigenvalue weighted by Crippen LogP contribution is 2.47. The predicted molar refractivity (Wildman–Crippen MR) is 97.0 cm³/mol. The number of amides is 1. The molecule has 0 spiro atoms. The molecule has 4 rings (SSSR count). The molecule has 3 heterocycles. The van der Waals surface area contributed by atoms with E-state index in [9.17, 15) is 18.0 Å². The average molecular weight is 398 g/mol. The summed E-state index contributed by atoms with van der Waals surface area (Å²) in [5.74, 6) is -3.18. The van der Waals surface area contributed by atoms with Gasteiger partial charge in [-0.1, -0.05) is 0 Å². The molecular weight excluding hydrogens is 373 g/mol. The van der Waals surface area contributed by atoms with Crippen LogP contribution in [0.1, 0.15) is 31.2 Å². The molecule has 2 N–H and O–H groups in total. The van der Waals surface area contributed by atoms with E-state index in [4.69, 9.17) is 4.74 Å². The SMILES string of the molecule is COc1nc(N2C[C@@H]3CC(F)(F)C[C@@H]3C2)c(F)cc1CNC(=O)[C@@H]1CCCN1. The van der Waals surface area contributed by atoms with Gasteiger partial charge in [-0.15, -0.1) is 0 Å². The highest BCUT2D eigenvalue weighted by molar-refractivity contribution is 5.82. The Morgan fingerprint density at radius 2 is 2.11 bits per heavy atom. The first-order valence-corrected chi connectivity index (χ1v) is 9.73. The lowest BCUT2D eigenvalue weighted by Crippen LogP contribution is -2.40. The number of ether oxygens (including phenoxy) is 1. The molecule has 28 heavy (non-hydrogen) atoms. The molecule has 1 aliphatic carbocycles. The summed E-state index contributed by atoms with van der Waals surface area (Å²) < 4.78 is 47.1. The van der Waals surface area contributed by atoms with Gasteiger partial charge < -0.3 is 20.3 Å². The Morgan fingerprint density at radius 3 is 2.71 bits per heavy atom. The van der Waals surface area contributed by atoms with Gasteiger partial charge >= 0.3 is 0 Å². The quantitative estimate of drug-likeness (QED) is 0.795. The average Bonchev–Trinajstić information content (AvgIpc) is 3.34. The van der Waals surface area contributed by atoms with Crippen LogP contribution in [-0.2, 0) is 11.3 Å². The van der Waals surface area contributed by atoms with E-state index in [0.717, 1.165) is 19.4 Å². The third kappa shape index (κ3) is 3.76. The maximum atomic E-state index is 14.7. The third-order valence-electron chi connectivity index (χ3n) is 6.02. The van der Waals surface area contributed by atoms with Crippen LogP contribution in [0.15, 0.2) is 6.07 Å². The zero-order valence-electron chi connectivity index (χ0n) is 15.8. The van der Waals surface area contributed by atoms with E-state index in [0.29, 0.717) is 18.7 Å². The first-order valence-electron chi connectivity index (χ1n) is 9.73. The van der Waals surface area contributed by atoms with Crippen LogP contribution in [0.3, 0.4) is 0 Å². The first-order chi connectivity index (χ1) is 13.4. The van der Waals surface area contributed by atoms with Crippen molar-refractivity contribution in [2.45, 2.75) is 44.2 Å². The van der Waals surface area contributed by atoms with Crippen LogP contribution in [0.4, 0.5) is 19.0 Å². The summed E-state index contributed by atoms with van der Waals surface area (Å²) >= 11 is 0. The molecule has 3 fully saturated rings. The zero-order valence-corrected chi connectivity index (χ0v) is 15.8. The second kappa shape index (κ2) is 7.42. The standard InChI is InChI=1S/C19H25F3N4O2/c1-28-18-11(8-24-17(27)15-3-2-4-23-15)5-14(20)16(25-18)26-9-12-6-19(21,22)7-13(12)10-26/h5,12-13,15,23H,2-4,6-10H2,1H3,(H,24,27)/t12-,13+,15-/m0/s1. The van der Waals surface area contributed by atoms with E-state index < -0.39 is 11.7 Å². The van der Waals surface area contributed by atoms with Crippen LogP contribution in [0.25, 0.3) is 0 Å². The molecular formula is C19H25F3N4O2. The number of aromatic nitrogens is 1. The van der Waals surface area contributed by atoms with E-state index >= 15 is 0 Å². The molecule has 2 aliphatic heterocycles. The van der Waals surface area contributed by atoms with Gasteiger partial charge in [-0.3, -0.25) is 4.79 Å². The Kier molecular flexibility index (Phi) is 5.11. The molecule has 2 saturated heterocycles. The summed E-state index contributed by atoms with van der Waals surface area (Å²) in [6.07, 6.45) is 1.44. The number of pyridine rings is 1. The second-order valence-corrected chi connectivity index (χ2v) is 8.02. The Balaban J connectivity index is 1.45. The molecule has 0 bridgehead atoms.